The topological polar surface area (TPSA) is 102 Å². The van der Waals surface area contributed by atoms with E-state index in [1.807, 2.05) is 0 Å². The zero-order valence-electron chi connectivity index (χ0n) is 13.3. The van der Waals surface area contributed by atoms with Crippen molar-refractivity contribution < 1.29 is 13.2 Å². The van der Waals surface area contributed by atoms with E-state index in [4.69, 9.17) is 0 Å². The van der Waals surface area contributed by atoms with Crippen molar-refractivity contribution in [1.82, 2.24) is 19.9 Å². The molecule has 9 heteroatoms. The summed E-state index contributed by atoms with van der Waals surface area (Å²) < 4.78 is 24.3. The summed E-state index contributed by atoms with van der Waals surface area (Å²) in [5.74, 6) is -0.256. The lowest BCUT2D eigenvalue weighted by molar-refractivity contribution is -0.133. The van der Waals surface area contributed by atoms with Crippen LogP contribution in [-0.4, -0.2) is 58.3 Å². The number of aromatic nitrogens is 3. The Morgan fingerprint density at radius 2 is 2.12 bits per heavy atom. The molecule has 1 saturated heterocycles. The average molecular weight is 350 g/mol. The van der Waals surface area contributed by atoms with E-state index < -0.39 is 9.84 Å². The van der Waals surface area contributed by atoms with E-state index in [1.54, 1.807) is 31.2 Å². The lowest BCUT2D eigenvalue weighted by Gasteiger charge is -2.26. The fourth-order valence-corrected chi connectivity index (χ4v) is 4.74. The second-order valence-electron chi connectivity index (χ2n) is 5.81. The Morgan fingerprint density at radius 3 is 2.79 bits per heavy atom. The van der Waals surface area contributed by atoms with Gasteiger partial charge in [-0.2, -0.15) is 0 Å². The van der Waals surface area contributed by atoms with Crippen LogP contribution in [0.1, 0.15) is 13.3 Å². The van der Waals surface area contributed by atoms with Gasteiger partial charge in [-0.05, 0) is 25.5 Å². The van der Waals surface area contributed by atoms with Gasteiger partial charge in [-0.3, -0.25) is 9.59 Å². The Labute approximate surface area is 139 Å². The van der Waals surface area contributed by atoms with Gasteiger partial charge >= 0.3 is 0 Å². The predicted octanol–water partition coefficient (Wildman–Crippen LogP) is -0.173. The first-order valence-corrected chi connectivity index (χ1v) is 9.56. The molecule has 1 fully saturated rings. The minimum absolute atomic E-state index is 0.0229. The van der Waals surface area contributed by atoms with Crippen molar-refractivity contribution in [3.8, 4) is 0 Å². The molecule has 1 atom stereocenters. The van der Waals surface area contributed by atoms with Crippen LogP contribution in [0.15, 0.2) is 29.1 Å². The van der Waals surface area contributed by atoms with Crippen LogP contribution in [0.5, 0.6) is 0 Å². The third kappa shape index (κ3) is 3.16. The maximum Gasteiger partial charge on any atom is 0.278 e. The van der Waals surface area contributed by atoms with Crippen molar-refractivity contribution >= 4 is 26.6 Å². The summed E-state index contributed by atoms with van der Waals surface area (Å²) in [5.41, 5.74) is 0.0875. The smallest absolute Gasteiger partial charge is 0.278 e. The van der Waals surface area contributed by atoms with Gasteiger partial charge in [-0.1, -0.05) is 17.3 Å². The SMILES string of the molecule is CCN(C(=O)Cn1nnc2ccccc2c1=O)[C@@H]1CCS(=O)(=O)C1. The fraction of sp³-hybridized carbons (Fsp3) is 0.467. The Hall–Kier alpha value is -2.29. The molecule has 0 aliphatic carbocycles. The number of carbonyl (C=O) groups is 1. The van der Waals surface area contributed by atoms with Crippen LogP contribution in [0.3, 0.4) is 0 Å². The molecule has 0 saturated carbocycles. The van der Waals surface area contributed by atoms with Crippen LogP contribution >= 0.6 is 0 Å². The van der Waals surface area contributed by atoms with Crippen LogP contribution in [-0.2, 0) is 21.2 Å². The lowest BCUT2D eigenvalue weighted by atomic mass is 10.2. The first-order valence-electron chi connectivity index (χ1n) is 7.73. The molecule has 0 radical (unpaired) electrons. The predicted molar refractivity (Wildman–Crippen MR) is 88.2 cm³/mol. The van der Waals surface area contributed by atoms with Crippen LogP contribution in [0.4, 0.5) is 0 Å². The lowest BCUT2D eigenvalue weighted by Crippen LogP contribution is -2.44. The average Bonchev–Trinajstić information content (AvgIpc) is 2.91. The number of nitrogens with zero attached hydrogens (tertiary/aromatic N) is 4. The summed E-state index contributed by atoms with van der Waals surface area (Å²) in [7, 11) is -3.08. The maximum atomic E-state index is 12.5. The number of hydrogen-bond acceptors (Lipinski definition) is 6. The number of hydrogen-bond donors (Lipinski definition) is 0. The molecule has 0 N–H and O–H groups in total. The molecule has 0 spiro atoms. The van der Waals surface area contributed by atoms with E-state index >= 15 is 0 Å². The van der Waals surface area contributed by atoms with Crippen molar-refractivity contribution in [2.45, 2.75) is 25.9 Å². The Morgan fingerprint density at radius 1 is 1.38 bits per heavy atom. The van der Waals surface area contributed by atoms with Gasteiger partial charge in [0, 0.05) is 12.6 Å². The second kappa shape index (κ2) is 6.31. The van der Waals surface area contributed by atoms with Crippen molar-refractivity contribution in [2.24, 2.45) is 0 Å². The van der Waals surface area contributed by atoms with E-state index in [2.05, 4.69) is 10.3 Å². The summed E-state index contributed by atoms with van der Waals surface area (Å²) in [5, 5.41) is 8.15. The zero-order chi connectivity index (χ0) is 17.3. The standard InChI is InChI=1S/C15H18N4O4S/c1-2-18(11-7-8-24(22,23)10-11)14(20)9-19-15(21)12-5-3-4-6-13(12)16-17-19/h3-6,11H,2,7-10H2,1H3/t11-/m1/s1. The van der Waals surface area contributed by atoms with Gasteiger partial charge in [0.05, 0.1) is 16.9 Å². The van der Waals surface area contributed by atoms with Gasteiger partial charge in [0.25, 0.3) is 5.56 Å². The van der Waals surface area contributed by atoms with Gasteiger partial charge in [0.15, 0.2) is 9.84 Å². The van der Waals surface area contributed by atoms with E-state index in [0.29, 0.717) is 23.9 Å². The summed E-state index contributed by atoms with van der Waals surface area (Å²) in [6.07, 6.45) is 0.431. The molecule has 1 aromatic carbocycles. The highest BCUT2D eigenvalue weighted by atomic mass is 32.2. The number of fused-ring (bicyclic) bond motifs is 1. The molecule has 0 bridgehead atoms. The molecule has 8 nitrogen and oxygen atoms in total. The number of sulfone groups is 1. The van der Waals surface area contributed by atoms with Gasteiger partial charge < -0.3 is 4.90 Å². The van der Waals surface area contributed by atoms with Crippen LogP contribution in [0.2, 0.25) is 0 Å². The number of carbonyl (C=O) groups excluding carboxylic acids is 1. The fourth-order valence-electron chi connectivity index (χ4n) is 3.01. The maximum absolute atomic E-state index is 12.5. The molecule has 3 rings (SSSR count). The molecular weight excluding hydrogens is 332 g/mol. The monoisotopic (exact) mass is 350 g/mol. The Bertz CT molecular complexity index is 938. The number of benzene rings is 1. The van der Waals surface area contributed by atoms with E-state index in [-0.39, 0.29) is 35.6 Å². The Balaban J connectivity index is 1.83. The minimum atomic E-state index is -3.08. The van der Waals surface area contributed by atoms with Crippen molar-refractivity contribution in [3.63, 3.8) is 0 Å². The molecule has 128 valence electrons. The Kier molecular flexibility index (Phi) is 4.35. The van der Waals surface area contributed by atoms with Gasteiger partial charge in [0.2, 0.25) is 5.91 Å². The highest BCUT2D eigenvalue weighted by Crippen LogP contribution is 2.18. The highest BCUT2D eigenvalue weighted by molar-refractivity contribution is 7.91. The number of rotatable bonds is 4. The molecule has 1 amide bonds. The highest BCUT2D eigenvalue weighted by Gasteiger charge is 2.34. The van der Waals surface area contributed by atoms with E-state index in [0.717, 1.165) is 4.68 Å². The summed E-state index contributed by atoms with van der Waals surface area (Å²) in [6.45, 7) is 1.92. The molecule has 0 unspecified atom stereocenters. The van der Waals surface area contributed by atoms with Crippen LogP contribution in [0.25, 0.3) is 10.9 Å². The van der Waals surface area contributed by atoms with Crippen molar-refractivity contribution in [2.75, 3.05) is 18.1 Å². The van der Waals surface area contributed by atoms with Crippen LogP contribution in [0, 0.1) is 0 Å². The van der Waals surface area contributed by atoms with Crippen LogP contribution < -0.4 is 5.56 Å². The molecular formula is C15H18N4O4S. The van der Waals surface area contributed by atoms with Gasteiger partial charge in [-0.15, -0.1) is 5.10 Å². The van der Waals surface area contributed by atoms with E-state index in [1.165, 1.54) is 4.90 Å². The largest absolute Gasteiger partial charge is 0.337 e. The first-order chi connectivity index (χ1) is 11.4. The summed E-state index contributed by atoms with van der Waals surface area (Å²) in [4.78, 5) is 26.4. The van der Waals surface area contributed by atoms with Gasteiger partial charge in [0.1, 0.15) is 12.1 Å². The molecule has 2 heterocycles. The first kappa shape index (κ1) is 16.6. The normalized spacial score (nSPS) is 19.5. The van der Waals surface area contributed by atoms with E-state index in [9.17, 15) is 18.0 Å². The number of amides is 1. The quantitative estimate of drug-likeness (QED) is 0.758. The zero-order valence-corrected chi connectivity index (χ0v) is 14.1. The van der Waals surface area contributed by atoms with Gasteiger partial charge in [-0.25, -0.2) is 13.1 Å². The molecule has 1 aliphatic heterocycles. The summed E-state index contributed by atoms with van der Waals surface area (Å²) in [6, 6.07) is 6.45. The third-order valence-electron chi connectivity index (χ3n) is 4.22. The second-order valence-corrected chi connectivity index (χ2v) is 8.03. The van der Waals surface area contributed by atoms with Crippen molar-refractivity contribution in [3.05, 3.63) is 34.6 Å². The third-order valence-corrected chi connectivity index (χ3v) is 5.97. The molecule has 24 heavy (non-hydrogen) atoms. The molecule has 2 aromatic rings. The minimum Gasteiger partial charge on any atom is -0.337 e. The number of likely N-dealkylation sites (N-methyl/N-ethyl adjacent to an activating group) is 1. The molecule has 1 aromatic heterocycles. The van der Waals surface area contributed by atoms with Crippen molar-refractivity contribution in [1.29, 1.82) is 0 Å². The summed E-state index contributed by atoms with van der Waals surface area (Å²) >= 11 is 0. The molecule has 1 aliphatic rings.